The number of ether oxygens (including phenoxy) is 2. The summed E-state index contributed by atoms with van der Waals surface area (Å²) in [5, 5.41) is 0.474. The van der Waals surface area contributed by atoms with Crippen LogP contribution in [-0.4, -0.2) is 30.6 Å². The van der Waals surface area contributed by atoms with Gasteiger partial charge in [-0.05, 0) is 50.1 Å². The third kappa shape index (κ3) is 3.67. The van der Waals surface area contributed by atoms with E-state index < -0.39 is 6.04 Å². The molecule has 31 heavy (non-hydrogen) atoms. The zero-order chi connectivity index (χ0) is 22.0. The van der Waals surface area contributed by atoms with E-state index in [0.717, 1.165) is 18.4 Å². The Kier molecular flexibility index (Phi) is 5.98. The van der Waals surface area contributed by atoms with Crippen molar-refractivity contribution in [2.45, 2.75) is 39.7 Å². The van der Waals surface area contributed by atoms with E-state index in [0.29, 0.717) is 47.8 Å². The fourth-order valence-corrected chi connectivity index (χ4v) is 4.05. The standard InChI is InChI=1S/C25H27NO5/c1-4-7-14-30-19-13-12-16(15-20(19)29-6-3)22-21-23(27)17-10-8-9-11-18(17)31-24(21)25(28)26(22)5-2/h8-13,15,22H,4-7,14H2,1-3H3/t22-/m0/s1. The minimum atomic E-state index is -0.530. The molecular weight excluding hydrogens is 394 g/mol. The quantitative estimate of drug-likeness (QED) is 0.482. The van der Waals surface area contributed by atoms with Gasteiger partial charge in [0, 0.05) is 6.54 Å². The van der Waals surface area contributed by atoms with Crippen molar-refractivity contribution in [3.8, 4) is 11.5 Å². The van der Waals surface area contributed by atoms with Gasteiger partial charge in [-0.2, -0.15) is 0 Å². The van der Waals surface area contributed by atoms with Crippen LogP contribution in [0, 0.1) is 0 Å². The molecule has 0 fully saturated rings. The Morgan fingerprint density at radius 3 is 2.55 bits per heavy atom. The molecule has 0 bridgehead atoms. The number of unbranched alkanes of at least 4 members (excludes halogenated alkanes) is 1. The van der Waals surface area contributed by atoms with Gasteiger partial charge in [-0.3, -0.25) is 9.59 Å². The van der Waals surface area contributed by atoms with Gasteiger partial charge >= 0.3 is 0 Å². The third-order valence-corrected chi connectivity index (χ3v) is 5.55. The molecule has 0 saturated carbocycles. The molecule has 162 valence electrons. The lowest BCUT2D eigenvalue weighted by Gasteiger charge is -2.24. The lowest BCUT2D eigenvalue weighted by Crippen LogP contribution is -2.29. The van der Waals surface area contributed by atoms with E-state index in [4.69, 9.17) is 13.9 Å². The Morgan fingerprint density at radius 1 is 1.00 bits per heavy atom. The average Bonchev–Trinajstić information content (AvgIpc) is 3.07. The zero-order valence-electron chi connectivity index (χ0n) is 18.1. The zero-order valence-corrected chi connectivity index (χ0v) is 18.1. The molecule has 1 aromatic heterocycles. The van der Waals surface area contributed by atoms with E-state index in [1.165, 1.54) is 0 Å². The molecule has 0 spiro atoms. The maximum absolute atomic E-state index is 13.4. The lowest BCUT2D eigenvalue weighted by molar-refractivity contribution is 0.0737. The predicted octanol–water partition coefficient (Wildman–Crippen LogP) is 4.94. The molecule has 2 heterocycles. The molecule has 0 aliphatic carbocycles. The van der Waals surface area contributed by atoms with Gasteiger partial charge in [-0.1, -0.05) is 31.5 Å². The SMILES string of the molecule is CCCCOc1ccc([C@H]2c3c(oc4ccccc4c3=O)C(=O)N2CC)cc1OCC. The number of para-hydroxylation sites is 1. The topological polar surface area (TPSA) is 69.0 Å². The van der Waals surface area contributed by atoms with E-state index in [9.17, 15) is 9.59 Å². The van der Waals surface area contributed by atoms with E-state index in [2.05, 4.69) is 6.92 Å². The van der Waals surface area contributed by atoms with Crippen LogP contribution in [0.3, 0.4) is 0 Å². The molecule has 2 aromatic carbocycles. The highest BCUT2D eigenvalue weighted by Crippen LogP contribution is 2.40. The Morgan fingerprint density at radius 2 is 1.81 bits per heavy atom. The first kappa shape index (κ1) is 21.0. The molecule has 1 amide bonds. The summed E-state index contributed by atoms with van der Waals surface area (Å²) in [6, 6.07) is 12.1. The summed E-state index contributed by atoms with van der Waals surface area (Å²) in [6.07, 6.45) is 1.99. The first-order valence-electron chi connectivity index (χ1n) is 10.9. The van der Waals surface area contributed by atoms with Crippen LogP contribution >= 0.6 is 0 Å². The van der Waals surface area contributed by atoms with Gasteiger partial charge in [0.2, 0.25) is 5.76 Å². The Balaban J connectivity index is 1.84. The molecule has 0 N–H and O–H groups in total. The number of nitrogens with zero attached hydrogens (tertiary/aromatic N) is 1. The number of hydrogen-bond acceptors (Lipinski definition) is 5. The largest absolute Gasteiger partial charge is 0.490 e. The van der Waals surface area contributed by atoms with Crippen molar-refractivity contribution in [3.05, 3.63) is 69.6 Å². The summed E-state index contributed by atoms with van der Waals surface area (Å²) in [6.45, 7) is 7.46. The minimum absolute atomic E-state index is 0.122. The van der Waals surface area contributed by atoms with Gasteiger partial charge in [0.05, 0.1) is 30.2 Å². The molecular formula is C25H27NO5. The maximum Gasteiger partial charge on any atom is 0.290 e. The second-order valence-corrected chi connectivity index (χ2v) is 7.51. The minimum Gasteiger partial charge on any atom is -0.490 e. The number of carbonyl (C=O) groups is 1. The van der Waals surface area contributed by atoms with Crippen LogP contribution in [0.1, 0.15) is 61.3 Å². The Labute approximate surface area is 181 Å². The second-order valence-electron chi connectivity index (χ2n) is 7.51. The van der Waals surface area contributed by atoms with Crippen molar-refractivity contribution in [1.82, 2.24) is 4.90 Å². The van der Waals surface area contributed by atoms with Crippen molar-refractivity contribution < 1.29 is 18.7 Å². The van der Waals surface area contributed by atoms with E-state index >= 15 is 0 Å². The van der Waals surface area contributed by atoms with Crippen LogP contribution in [0.2, 0.25) is 0 Å². The molecule has 6 heteroatoms. The highest BCUT2D eigenvalue weighted by atomic mass is 16.5. The molecule has 1 aliphatic heterocycles. The van der Waals surface area contributed by atoms with Gasteiger partial charge in [-0.25, -0.2) is 0 Å². The fraction of sp³-hybridized carbons (Fsp3) is 0.360. The number of carbonyl (C=O) groups excluding carboxylic acids is 1. The summed E-state index contributed by atoms with van der Waals surface area (Å²) >= 11 is 0. The molecule has 1 aliphatic rings. The van der Waals surface area contributed by atoms with E-state index in [1.807, 2.05) is 32.0 Å². The molecule has 1 atom stereocenters. The molecule has 0 radical (unpaired) electrons. The first-order chi connectivity index (χ1) is 15.1. The smallest absolute Gasteiger partial charge is 0.290 e. The highest BCUT2D eigenvalue weighted by molar-refractivity contribution is 5.99. The van der Waals surface area contributed by atoms with Crippen LogP contribution in [0.25, 0.3) is 11.0 Å². The van der Waals surface area contributed by atoms with E-state index in [-0.39, 0.29) is 17.1 Å². The fourth-order valence-electron chi connectivity index (χ4n) is 4.05. The number of rotatable bonds is 8. The van der Waals surface area contributed by atoms with Gasteiger partial charge < -0.3 is 18.8 Å². The Hall–Kier alpha value is -3.28. The molecule has 0 unspecified atom stereocenters. The first-order valence-corrected chi connectivity index (χ1v) is 10.9. The van der Waals surface area contributed by atoms with Crippen molar-refractivity contribution in [2.75, 3.05) is 19.8 Å². The number of fused-ring (bicyclic) bond motifs is 2. The van der Waals surface area contributed by atoms with Crippen molar-refractivity contribution in [2.24, 2.45) is 0 Å². The van der Waals surface area contributed by atoms with Crippen LogP contribution in [-0.2, 0) is 0 Å². The van der Waals surface area contributed by atoms with Crippen molar-refractivity contribution in [1.29, 1.82) is 0 Å². The average molecular weight is 421 g/mol. The van der Waals surface area contributed by atoms with Gasteiger partial charge in [0.1, 0.15) is 5.58 Å². The highest BCUT2D eigenvalue weighted by Gasteiger charge is 2.42. The van der Waals surface area contributed by atoms with E-state index in [1.54, 1.807) is 29.2 Å². The summed E-state index contributed by atoms with van der Waals surface area (Å²) in [4.78, 5) is 28.1. The maximum atomic E-state index is 13.4. The van der Waals surface area contributed by atoms with Crippen LogP contribution < -0.4 is 14.9 Å². The van der Waals surface area contributed by atoms with Crippen LogP contribution in [0.15, 0.2) is 51.7 Å². The normalized spacial score (nSPS) is 15.4. The monoisotopic (exact) mass is 421 g/mol. The summed E-state index contributed by atoms with van der Waals surface area (Å²) in [7, 11) is 0. The third-order valence-electron chi connectivity index (χ3n) is 5.55. The predicted molar refractivity (Wildman–Crippen MR) is 119 cm³/mol. The van der Waals surface area contributed by atoms with Gasteiger partial charge in [0.25, 0.3) is 5.91 Å². The van der Waals surface area contributed by atoms with Crippen molar-refractivity contribution in [3.63, 3.8) is 0 Å². The van der Waals surface area contributed by atoms with Crippen LogP contribution in [0.5, 0.6) is 11.5 Å². The number of hydrogen-bond donors (Lipinski definition) is 0. The summed E-state index contributed by atoms with van der Waals surface area (Å²) in [5.41, 5.74) is 1.42. The molecule has 3 aromatic rings. The molecule has 6 nitrogen and oxygen atoms in total. The van der Waals surface area contributed by atoms with Crippen LogP contribution in [0.4, 0.5) is 0 Å². The van der Waals surface area contributed by atoms with Gasteiger partial charge in [-0.15, -0.1) is 0 Å². The second kappa shape index (κ2) is 8.84. The lowest BCUT2D eigenvalue weighted by atomic mass is 9.98. The summed E-state index contributed by atoms with van der Waals surface area (Å²) < 4.78 is 17.6. The Bertz CT molecular complexity index is 1170. The number of benzene rings is 2. The molecule has 4 rings (SSSR count). The molecule has 0 saturated heterocycles. The summed E-state index contributed by atoms with van der Waals surface area (Å²) in [5.74, 6) is 1.12. The number of amides is 1. The van der Waals surface area contributed by atoms with Gasteiger partial charge in [0.15, 0.2) is 16.9 Å². The van der Waals surface area contributed by atoms with Crippen molar-refractivity contribution >= 4 is 16.9 Å².